The SMILES string of the molecule is OCC1CCN(c2ccc(C3CCCNC3)cn2)CC1. The average Bonchev–Trinajstić information content (AvgIpc) is 2.56. The highest BCUT2D eigenvalue weighted by Gasteiger charge is 2.20. The summed E-state index contributed by atoms with van der Waals surface area (Å²) in [5.74, 6) is 2.21. The molecule has 4 heteroatoms. The molecule has 20 heavy (non-hydrogen) atoms. The van der Waals surface area contributed by atoms with E-state index in [0.717, 1.165) is 44.8 Å². The van der Waals surface area contributed by atoms with Crippen LogP contribution in [-0.2, 0) is 0 Å². The maximum Gasteiger partial charge on any atom is 0.128 e. The largest absolute Gasteiger partial charge is 0.396 e. The van der Waals surface area contributed by atoms with Crippen molar-refractivity contribution in [2.45, 2.75) is 31.6 Å². The number of aliphatic hydroxyl groups is 1. The quantitative estimate of drug-likeness (QED) is 0.882. The molecule has 0 amide bonds. The lowest BCUT2D eigenvalue weighted by atomic mass is 9.93. The molecule has 2 fully saturated rings. The van der Waals surface area contributed by atoms with Crippen molar-refractivity contribution >= 4 is 5.82 Å². The van der Waals surface area contributed by atoms with Gasteiger partial charge in [-0.1, -0.05) is 6.07 Å². The van der Waals surface area contributed by atoms with E-state index in [-0.39, 0.29) is 0 Å². The molecule has 2 saturated heterocycles. The number of aliphatic hydroxyl groups excluding tert-OH is 1. The second kappa shape index (κ2) is 6.55. The molecule has 110 valence electrons. The topological polar surface area (TPSA) is 48.4 Å². The molecule has 0 aromatic carbocycles. The Bertz CT molecular complexity index is 406. The summed E-state index contributed by atoms with van der Waals surface area (Å²) in [4.78, 5) is 7.01. The highest BCUT2D eigenvalue weighted by Crippen LogP contribution is 2.25. The first kappa shape index (κ1) is 13.8. The Morgan fingerprint density at radius 2 is 2.10 bits per heavy atom. The first-order valence-corrected chi connectivity index (χ1v) is 7.89. The Labute approximate surface area is 121 Å². The number of aromatic nitrogens is 1. The number of nitrogens with zero attached hydrogens (tertiary/aromatic N) is 2. The zero-order valence-corrected chi connectivity index (χ0v) is 12.1. The molecule has 0 spiro atoms. The van der Waals surface area contributed by atoms with Crippen LogP contribution in [0.25, 0.3) is 0 Å². The van der Waals surface area contributed by atoms with Gasteiger partial charge in [-0.25, -0.2) is 4.98 Å². The fourth-order valence-corrected chi connectivity index (χ4v) is 3.31. The van der Waals surface area contributed by atoms with E-state index in [4.69, 9.17) is 0 Å². The predicted octanol–water partition coefficient (Wildman–Crippen LogP) is 1.76. The lowest BCUT2D eigenvalue weighted by Gasteiger charge is -2.32. The van der Waals surface area contributed by atoms with Gasteiger partial charge in [0.2, 0.25) is 0 Å². The van der Waals surface area contributed by atoms with Crippen molar-refractivity contribution < 1.29 is 5.11 Å². The molecule has 2 aliphatic heterocycles. The molecule has 1 aromatic rings. The van der Waals surface area contributed by atoms with Crippen LogP contribution in [0.2, 0.25) is 0 Å². The minimum absolute atomic E-state index is 0.328. The summed E-state index contributed by atoms with van der Waals surface area (Å²) in [6, 6.07) is 4.42. The van der Waals surface area contributed by atoms with Gasteiger partial charge in [-0.05, 0) is 55.7 Å². The third-order valence-corrected chi connectivity index (χ3v) is 4.74. The van der Waals surface area contributed by atoms with E-state index >= 15 is 0 Å². The van der Waals surface area contributed by atoms with Crippen molar-refractivity contribution in [2.24, 2.45) is 5.92 Å². The van der Waals surface area contributed by atoms with Gasteiger partial charge in [0.1, 0.15) is 5.82 Å². The molecular weight excluding hydrogens is 250 g/mol. The second-order valence-electron chi connectivity index (χ2n) is 6.11. The van der Waals surface area contributed by atoms with E-state index in [0.29, 0.717) is 18.4 Å². The molecule has 4 nitrogen and oxygen atoms in total. The lowest BCUT2D eigenvalue weighted by Crippen LogP contribution is -2.35. The van der Waals surface area contributed by atoms with Gasteiger partial charge in [0.05, 0.1) is 0 Å². The van der Waals surface area contributed by atoms with Crippen LogP contribution in [0, 0.1) is 5.92 Å². The highest BCUT2D eigenvalue weighted by molar-refractivity contribution is 5.40. The van der Waals surface area contributed by atoms with Gasteiger partial charge in [-0.2, -0.15) is 0 Å². The number of hydrogen-bond acceptors (Lipinski definition) is 4. The maximum atomic E-state index is 9.19. The molecule has 2 N–H and O–H groups in total. The minimum Gasteiger partial charge on any atom is -0.396 e. The number of rotatable bonds is 3. The van der Waals surface area contributed by atoms with E-state index in [2.05, 4.69) is 33.5 Å². The summed E-state index contributed by atoms with van der Waals surface area (Å²) < 4.78 is 0. The van der Waals surface area contributed by atoms with Crippen LogP contribution < -0.4 is 10.2 Å². The fourth-order valence-electron chi connectivity index (χ4n) is 3.31. The van der Waals surface area contributed by atoms with E-state index < -0.39 is 0 Å². The van der Waals surface area contributed by atoms with E-state index in [1.54, 1.807) is 0 Å². The molecule has 0 bridgehead atoms. The van der Waals surface area contributed by atoms with Crippen LogP contribution in [0.4, 0.5) is 5.82 Å². The molecule has 0 saturated carbocycles. The number of pyridine rings is 1. The van der Waals surface area contributed by atoms with Gasteiger partial charge in [-0.3, -0.25) is 0 Å². The van der Waals surface area contributed by atoms with Crippen molar-refractivity contribution in [3.05, 3.63) is 23.9 Å². The molecular formula is C16H25N3O. The van der Waals surface area contributed by atoms with Crippen molar-refractivity contribution in [1.82, 2.24) is 10.3 Å². The Hall–Kier alpha value is -1.13. The van der Waals surface area contributed by atoms with Gasteiger partial charge in [0.25, 0.3) is 0 Å². The molecule has 2 aliphatic rings. The van der Waals surface area contributed by atoms with Crippen LogP contribution in [-0.4, -0.2) is 42.9 Å². The molecule has 0 radical (unpaired) electrons. The van der Waals surface area contributed by atoms with Crippen LogP contribution >= 0.6 is 0 Å². The molecule has 3 rings (SSSR count). The zero-order chi connectivity index (χ0) is 13.8. The van der Waals surface area contributed by atoms with Gasteiger partial charge in [0.15, 0.2) is 0 Å². The Kier molecular flexibility index (Phi) is 4.53. The number of hydrogen-bond donors (Lipinski definition) is 2. The maximum absolute atomic E-state index is 9.19. The van der Waals surface area contributed by atoms with Gasteiger partial charge in [-0.15, -0.1) is 0 Å². The smallest absolute Gasteiger partial charge is 0.128 e. The summed E-state index contributed by atoms with van der Waals surface area (Å²) >= 11 is 0. The Balaban J connectivity index is 1.61. The molecule has 3 heterocycles. The molecule has 0 aliphatic carbocycles. The summed E-state index contributed by atoms with van der Waals surface area (Å²) in [7, 11) is 0. The van der Waals surface area contributed by atoms with Crippen LogP contribution in [0.15, 0.2) is 18.3 Å². The third kappa shape index (κ3) is 3.13. The fraction of sp³-hybridized carbons (Fsp3) is 0.688. The first-order chi connectivity index (χ1) is 9.86. The minimum atomic E-state index is 0.328. The lowest BCUT2D eigenvalue weighted by molar-refractivity contribution is 0.203. The second-order valence-corrected chi connectivity index (χ2v) is 6.11. The summed E-state index contributed by atoms with van der Waals surface area (Å²) in [6.07, 6.45) is 6.75. The standard InChI is InChI=1S/C16H25N3O/c20-12-13-5-8-19(9-6-13)16-4-3-15(11-18-16)14-2-1-7-17-10-14/h3-4,11,13-14,17,20H,1-2,5-10,12H2. The van der Waals surface area contributed by atoms with Crippen molar-refractivity contribution in [3.63, 3.8) is 0 Å². The van der Waals surface area contributed by atoms with Crippen molar-refractivity contribution in [3.8, 4) is 0 Å². The number of piperidine rings is 2. The van der Waals surface area contributed by atoms with Crippen LogP contribution in [0.3, 0.4) is 0 Å². The van der Waals surface area contributed by atoms with Gasteiger partial charge < -0.3 is 15.3 Å². The molecule has 1 atom stereocenters. The van der Waals surface area contributed by atoms with Crippen LogP contribution in [0.5, 0.6) is 0 Å². The first-order valence-electron chi connectivity index (χ1n) is 7.89. The number of nitrogens with one attached hydrogen (secondary N) is 1. The summed E-state index contributed by atoms with van der Waals surface area (Å²) in [5, 5.41) is 12.6. The average molecular weight is 275 g/mol. The van der Waals surface area contributed by atoms with Gasteiger partial charge >= 0.3 is 0 Å². The monoisotopic (exact) mass is 275 g/mol. The van der Waals surface area contributed by atoms with Gasteiger partial charge in [0, 0.05) is 32.4 Å². The van der Waals surface area contributed by atoms with Crippen LogP contribution in [0.1, 0.15) is 37.2 Å². The third-order valence-electron chi connectivity index (χ3n) is 4.74. The van der Waals surface area contributed by atoms with E-state index in [1.807, 2.05) is 0 Å². The van der Waals surface area contributed by atoms with E-state index in [9.17, 15) is 5.11 Å². The molecule has 1 aromatic heterocycles. The molecule has 1 unspecified atom stereocenters. The van der Waals surface area contributed by atoms with E-state index in [1.165, 1.54) is 18.4 Å². The Morgan fingerprint density at radius 3 is 2.70 bits per heavy atom. The zero-order valence-electron chi connectivity index (χ0n) is 12.1. The highest BCUT2D eigenvalue weighted by atomic mass is 16.3. The van der Waals surface area contributed by atoms with Crippen molar-refractivity contribution in [2.75, 3.05) is 37.7 Å². The summed E-state index contributed by atoms with van der Waals surface area (Å²) in [5.41, 5.74) is 1.37. The summed E-state index contributed by atoms with van der Waals surface area (Å²) in [6.45, 7) is 4.60. The normalized spacial score (nSPS) is 24.9. The number of anilines is 1. The Morgan fingerprint density at radius 1 is 1.25 bits per heavy atom. The van der Waals surface area contributed by atoms with Crippen molar-refractivity contribution in [1.29, 1.82) is 0 Å². The predicted molar refractivity (Wildman–Crippen MR) is 81.1 cm³/mol.